The third kappa shape index (κ3) is 4.94. The number of nitrogens with zero attached hydrogens (tertiary/aromatic N) is 1. The van der Waals surface area contributed by atoms with Gasteiger partial charge in [-0.25, -0.2) is 4.39 Å². The number of benzene rings is 1. The highest BCUT2D eigenvalue weighted by molar-refractivity contribution is 5.95. The van der Waals surface area contributed by atoms with Gasteiger partial charge in [0.1, 0.15) is 18.9 Å². The number of amides is 1. The molecule has 4 nitrogen and oxygen atoms in total. The fraction of sp³-hybridized carbons (Fsp3) is 0.273. The van der Waals surface area contributed by atoms with Crippen LogP contribution in [0.5, 0.6) is 0 Å². The summed E-state index contributed by atoms with van der Waals surface area (Å²) in [6.45, 7) is -2.77. The van der Waals surface area contributed by atoms with Gasteiger partial charge >= 0.3 is 12.1 Å². The first-order chi connectivity index (χ1) is 8.69. The first-order valence-electron chi connectivity index (χ1n) is 5.02. The Balaban J connectivity index is 2.93. The topological polar surface area (TPSA) is 57.6 Å². The van der Waals surface area contributed by atoms with Gasteiger partial charge in [0, 0.05) is 5.56 Å². The second-order valence-corrected chi connectivity index (χ2v) is 3.68. The number of carbonyl (C=O) groups is 2. The van der Waals surface area contributed by atoms with Gasteiger partial charge in [0.25, 0.3) is 5.91 Å². The molecule has 1 N–H and O–H groups in total. The highest BCUT2D eigenvalue weighted by Crippen LogP contribution is 2.18. The average molecular weight is 279 g/mol. The van der Waals surface area contributed by atoms with Crippen LogP contribution in [-0.4, -0.2) is 41.1 Å². The normalized spacial score (nSPS) is 11.2. The zero-order chi connectivity index (χ0) is 14.6. The van der Waals surface area contributed by atoms with Gasteiger partial charge in [-0.05, 0) is 24.3 Å². The zero-order valence-corrected chi connectivity index (χ0v) is 9.45. The molecule has 0 fully saturated rings. The number of carboxylic acids is 1. The summed E-state index contributed by atoms with van der Waals surface area (Å²) in [7, 11) is 0. The summed E-state index contributed by atoms with van der Waals surface area (Å²) >= 11 is 0. The molecule has 104 valence electrons. The molecule has 0 saturated carbocycles. The molecule has 1 rings (SSSR count). The molecule has 0 aliphatic carbocycles. The Morgan fingerprint density at radius 2 is 1.68 bits per heavy atom. The van der Waals surface area contributed by atoms with E-state index in [4.69, 9.17) is 5.11 Å². The standard InChI is InChI=1S/C11H9F4NO3/c12-8-3-1-7(2-4-8)10(19)16(5-9(17)18)6-11(13,14)15/h1-4H,5-6H2,(H,17,18). The maximum atomic E-state index is 12.6. The summed E-state index contributed by atoms with van der Waals surface area (Å²) in [5.41, 5.74) is -0.216. The van der Waals surface area contributed by atoms with E-state index in [0.29, 0.717) is 0 Å². The summed E-state index contributed by atoms with van der Waals surface area (Å²) in [6, 6.07) is 3.78. The van der Waals surface area contributed by atoms with E-state index in [1.807, 2.05) is 0 Å². The molecule has 0 aromatic heterocycles. The molecular formula is C11H9F4NO3. The number of hydrogen-bond acceptors (Lipinski definition) is 2. The molecule has 0 saturated heterocycles. The van der Waals surface area contributed by atoms with Crippen molar-refractivity contribution < 1.29 is 32.3 Å². The molecule has 0 spiro atoms. The number of carbonyl (C=O) groups excluding carboxylic acids is 1. The molecule has 0 heterocycles. The molecule has 0 atom stereocenters. The van der Waals surface area contributed by atoms with Crippen molar-refractivity contribution in [1.29, 1.82) is 0 Å². The SMILES string of the molecule is O=C(O)CN(CC(F)(F)F)C(=O)c1ccc(F)cc1. The third-order valence-corrected chi connectivity index (χ3v) is 2.07. The lowest BCUT2D eigenvalue weighted by Gasteiger charge is -2.22. The van der Waals surface area contributed by atoms with Crippen molar-refractivity contribution in [3.8, 4) is 0 Å². The molecule has 0 unspecified atom stereocenters. The summed E-state index contributed by atoms with van der Waals surface area (Å²) in [6.07, 6.45) is -4.72. The minimum Gasteiger partial charge on any atom is -0.480 e. The molecule has 0 aliphatic rings. The van der Waals surface area contributed by atoms with Crippen molar-refractivity contribution in [2.24, 2.45) is 0 Å². The van der Waals surface area contributed by atoms with E-state index in [2.05, 4.69) is 0 Å². The van der Waals surface area contributed by atoms with Crippen LogP contribution in [0.25, 0.3) is 0 Å². The Bertz CT molecular complexity index is 470. The molecular weight excluding hydrogens is 270 g/mol. The summed E-state index contributed by atoms with van der Waals surface area (Å²) in [5.74, 6) is -3.35. The van der Waals surface area contributed by atoms with Crippen LogP contribution < -0.4 is 0 Å². The van der Waals surface area contributed by atoms with Gasteiger partial charge < -0.3 is 10.0 Å². The fourth-order valence-electron chi connectivity index (χ4n) is 1.35. The predicted octanol–water partition coefficient (Wildman–Crippen LogP) is 1.91. The highest BCUT2D eigenvalue weighted by atomic mass is 19.4. The number of carboxylic acid groups (broad SMARTS) is 1. The Labute approximate surface area is 105 Å². The lowest BCUT2D eigenvalue weighted by atomic mass is 10.2. The van der Waals surface area contributed by atoms with Crippen LogP contribution in [0.1, 0.15) is 10.4 Å². The van der Waals surface area contributed by atoms with E-state index in [-0.39, 0.29) is 10.5 Å². The second-order valence-electron chi connectivity index (χ2n) is 3.68. The number of hydrogen-bond donors (Lipinski definition) is 1. The summed E-state index contributed by atoms with van der Waals surface area (Å²) in [5, 5.41) is 8.50. The van der Waals surface area contributed by atoms with Gasteiger partial charge in [-0.3, -0.25) is 9.59 Å². The van der Waals surface area contributed by atoms with Crippen LogP contribution in [0.3, 0.4) is 0 Å². The Morgan fingerprint density at radius 3 is 2.11 bits per heavy atom. The van der Waals surface area contributed by atoms with E-state index in [1.54, 1.807) is 0 Å². The van der Waals surface area contributed by atoms with Crippen molar-refractivity contribution >= 4 is 11.9 Å². The maximum absolute atomic E-state index is 12.6. The lowest BCUT2D eigenvalue weighted by molar-refractivity contribution is -0.149. The average Bonchev–Trinajstić information content (AvgIpc) is 2.25. The van der Waals surface area contributed by atoms with E-state index in [0.717, 1.165) is 24.3 Å². The molecule has 0 bridgehead atoms. The van der Waals surface area contributed by atoms with E-state index in [9.17, 15) is 27.2 Å². The van der Waals surface area contributed by atoms with Gasteiger partial charge in [-0.1, -0.05) is 0 Å². The van der Waals surface area contributed by atoms with Crippen LogP contribution >= 0.6 is 0 Å². The molecule has 0 aliphatic heterocycles. The quantitative estimate of drug-likeness (QED) is 0.857. The van der Waals surface area contributed by atoms with E-state index < -0.39 is 37.0 Å². The Kier molecular flexibility index (Phi) is 4.47. The molecule has 1 aromatic carbocycles. The number of alkyl halides is 3. The molecule has 19 heavy (non-hydrogen) atoms. The van der Waals surface area contributed by atoms with Crippen LogP contribution in [0.2, 0.25) is 0 Å². The van der Waals surface area contributed by atoms with Crippen LogP contribution in [0, 0.1) is 5.82 Å². The summed E-state index contributed by atoms with van der Waals surface area (Å²) in [4.78, 5) is 22.3. The minimum absolute atomic E-state index is 0.134. The Hall–Kier alpha value is -2.12. The molecule has 0 radical (unpaired) electrons. The summed E-state index contributed by atoms with van der Waals surface area (Å²) < 4.78 is 49.4. The monoisotopic (exact) mass is 279 g/mol. The minimum atomic E-state index is -4.72. The number of aliphatic carboxylic acids is 1. The zero-order valence-electron chi connectivity index (χ0n) is 9.45. The molecule has 1 aromatic rings. The molecule has 1 amide bonds. The third-order valence-electron chi connectivity index (χ3n) is 2.07. The highest BCUT2D eigenvalue weighted by Gasteiger charge is 2.34. The van der Waals surface area contributed by atoms with Gasteiger partial charge in [0.2, 0.25) is 0 Å². The number of halogens is 4. The molecule has 8 heteroatoms. The largest absolute Gasteiger partial charge is 0.480 e. The van der Waals surface area contributed by atoms with Gasteiger partial charge in [-0.2, -0.15) is 13.2 Å². The smallest absolute Gasteiger partial charge is 0.406 e. The lowest BCUT2D eigenvalue weighted by Crippen LogP contribution is -2.42. The van der Waals surface area contributed by atoms with E-state index in [1.165, 1.54) is 0 Å². The van der Waals surface area contributed by atoms with Crippen molar-refractivity contribution in [1.82, 2.24) is 4.90 Å². The second kappa shape index (κ2) is 5.68. The first-order valence-corrected chi connectivity index (χ1v) is 5.02. The van der Waals surface area contributed by atoms with Gasteiger partial charge in [0.05, 0.1) is 0 Å². The van der Waals surface area contributed by atoms with Crippen LogP contribution in [0.15, 0.2) is 24.3 Å². The fourth-order valence-corrected chi connectivity index (χ4v) is 1.35. The van der Waals surface area contributed by atoms with Crippen molar-refractivity contribution in [3.05, 3.63) is 35.6 Å². The number of rotatable bonds is 4. The van der Waals surface area contributed by atoms with Gasteiger partial charge in [0.15, 0.2) is 0 Å². The first kappa shape index (κ1) is 14.9. The Morgan fingerprint density at radius 1 is 1.16 bits per heavy atom. The maximum Gasteiger partial charge on any atom is 0.406 e. The predicted molar refractivity (Wildman–Crippen MR) is 56.0 cm³/mol. The van der Waals surface area contributed by atoms with Crippen LogP contribution in [0.4, 0.5) is 17.6 Å². The van der Waals surface area contributed by atoms with E-state index >= 15 is 0 Å². The van der Waals surface area contributed by atoms with Gasteiger partial charge in [-0.15, -0.1) is 0 Å². The van der Waals surface area contributed by atoms with Crippen molar-refractivity contribution in [3.63, 3.8) is 0 Å². The van der Waals surface area contributed by atoms with Crippen molar-refractivity contribution in [2.45, 2.75) is 6.18 Å². The van der Waals surface area contributed by atoms with Crippen LogP contribution in [-0.2, 0) is 4.79 Å². The van der Waals surface area contributed by atoms with Crippen molar-refractivity contribution in [2.75, 3.05) is 13.1 Å².